The Hall–Kier alpha value is -2.21. The van der Waals surface area contributed by atoms with Crippen LogP contribution in [-0.2, 0) is 20.7 Å². The van der Waals surface area contributed by atoms with Crippen LogP contribution >= 0.6 is 0 Å². The summed E-state index contributed by atoms with van der Waals surface area (Å²) in [6.45, 7) is 4.97. The summed E-state index contributed by atoms with van der Waals surface area (Å²) in [5, 5.41) is 9.85. The fraction of sp³-hybridized carbons (Fsp3) is 0.526. The van der Waals surface area contributed by atoms with Gasteiger partial charge in [-0.1, -0.05) is 44.2 Å². The molecule has 0 aromatic heterocycles. The molecule has 1 heterocycles. The van der Waals surface area contributed by atoms with Crippen molar-refractivity contribution < 1.29 is 24.2 Å². The molecule has 1 fully saturated rings. The third-order valence-electron chi connectivity index (χ3n) is 4.75. The van der Waals surface area contributed by atoms with Crippen LogP contribution in [0.5, 0.6) is 0 Å². The Morgan fingerprint density at radius 1 is 1.28 bits per heavy atom. The molecule has 4 atom stereocenters. The van der Waals surface area contributed by atoms with Crippen molar-refractivity contribution in [2.24, 2.45) is 11.8 Å². The van der Waals surface area contributed by atoms with Gasteiger partial charge in [0.25, 0.3) is 0 Å². The van der Waals surface area contributed by atoms with Crippen LogP contribution < -0.4 is 0 Å². The van der Waals surface area contributed by atoms with Crippen molar-refractivity contribution in [1.82, 2.24) is 4.90 Å². The van der Waals surface area contributed by atoms with Crippen molar-refractivity contribution >= 4 is 17.8 Å². The smallest absolute Gasteiger partial charge is 0.417 e. The summed E-state index contributed by atoms with van der Waals surface area (Å²) < 4.78 is 5.04. The van der Waals surface area contributed by atoms with Gasteiger partial charge in [0.2, 0.25) is 5.91 Å². The average molecular weight is 347 g/mol. The van der Waals surface area contributed by atoms with E-state index < -0.39 is 36.0 Å². The van der Waals surface area contributed by atoms with Crippen LogP contribution in [0.1, 0.15) is 32.8 Å². The van der Waals surface area contributed by atoms with Crippen molar-refractivity contribution in [2.75, 3.05) is 6.61 Å². The highest BCUT2D eigenvalue weighted by molar-refractivity contribution is 6.07. The maximum atomic E-state index is 12.7. The molecule has 25 heavy (non-hydrogen) atoms. The number of amides is 2. The lowest BCUT2D eigenvalue weighted by Gasteiger charge is -2.25. The second kappa shape index (κ2) is 8.25. The van der Waals surface area contributed by atoms with Crippen LogP contribution in [-0.4, -0.2) is 46.5 Å². The molecule has 1 N–H and O–H groups in total. The van der Waals surface area contributed by atoms with Gasteiger partial charge in [0.1, 0.15) is 12.4 Å². The van der Waals surface area contributed by atoms with Gasteiger partial charge in [-0.2, -0.15) is 0 Å². The van der Waals surface area contributed by atoms with E-state index in [1.54, 1.807) is 13.8 Å². The molecule has 0 aliphatic carbocycles. The van der Waals surface area contributed by atoms with Gasteiger partial charge in [-0.25, -0.2) is 9.69 Å². The topological polar surface area (TPSA) is 83.9 Å². The number of ketones is 1. The van der Waals surface area contributed by atoms with Crippen LogP contribution in [0.25, 0.3) is 0 Å². The lowest BCUT2D eigenvalue weighted by molar-refractivity contribution is -0.141. The number of benzene rings is 1. The molecule has 0 spiro atoms. The van der Waals surface area contributed by atoms with Crippen LogP contribution in [0.3, 0.4) is 0 Å². The number of nitrogens with zero attached hydrogens (tertiary/aromatic N) is 1. The quantitative estimate of drug-likeness (QED) is 0.765. The average Bonchev–Trinajstić information content (AvgIpc) is 2.99. The van der Waals surface area contributed by atoms with Gasteiger partial charge in [-0.05, 0) is 25.3 Å². The van der Waals surface area contributed by atoms with Gasteiger partial charge in [0.05, 0.1) is 18.1 Å². The third-order valence-corrected chi connectivity index (χ3v) is 4.75. The zero-order valence-corrected chi connectivity index (χ0v) is 14.8. The summed E-state index contributed by atoms with van der Waals surface area (Å²) in [6.07, 6.45) is -0.606. The Morgan fingerprint density at radius 3 is 2.52 bits per heavy atom. The molecule has 1 saturated heterocycles. The predicted molar refractivity (Wildman–Crippen MR) is 91.8 cm³/mol. The maximum Gasteiger partial charge on any atom is 0.417 e. The van der Waals surface area contributed by atoms with E-state index in [0.717, 1.165) is 10.5 Å². The first-order chi connectivity index (χ1) is 11.9. The van der Waals surface area contributed by atoms with Crippen molar-refractivity contribution in [1.29, 1.82) is 0 Å². The van der Waals surface area contributed by atoms with Gasteiger partial charge in [-0.3, -0.25) is 9.59 Å². The summed E-state index contributed by atoms with van der Waals surface area (Å²) in [7, 11) is 0. The standard InChI is InChI=1S/C19H25NO5/c1-4-16(21)12(2)17(22)13(3)18(23)20-15(11-25-19(20)24)10-14-8-6-5-7-9-14/h5-9,12-13,15-16,21H,4,10-11H2,1-3H3/t12-,13-,15-,16+/m0/s1. The molecule has 1 aliphatic rings. The number of imide groups is 1. The first-order valence-electron chi connectivity index (χ1n) is 8.62. The fourth-order valence-electron chi connectivity index (χ4n) is 3.03. The zero-order chi connectivity index (χ0) is 18.6. The van der Waals surface area contributed by atoms with Crippen LogP contribution in [0.4, 0.5) is 4.79 Å². The van der Waals surface area contributed by atoms with Gasteiger partial charge in [-0.15, -0.1) is 0 Å². The number of aliphatic hydroxyl groups is 1. The first-order valence-corrected chi connectivity index (χ1v) is 8.62. The SMILES string of the molecule is CC[C@@H](O)[C@H](C)C(=O)[C@H](C)C(=O)N1C(=O)OC[C@@H]1Cc1ccccc1. The van der Waals surface area contributed by atoms with E-state index in [1.807, 2.05) is 30.3 Å². The summed E-state index contributed by atoms with van der Waals surface area (Å²) in [5.74, 6) is -2.59. The van der Waals surface area contributed by atoms with Crippen LogP contribution in [0.15, 0.2) is 30.3 Å². The highest BCUT2D eigenvalue weighted by atomic mass is 16.6. The lowest BCUT2D eigenvalue weighted by atomic mass is 9.89. The van der Waals surface area contributed by atoms with Crippen molar-refractivity contribution in [3.05, 3.63) is 35.9 Å². The van der Waals surface area contributed by atoms with Crippen LogP contribution in [0, 0.1) is 11.8 Å². The van der Waals surface area contributed by atoms with Gasteiger partial charge < -0.3 is 9.84 Å². The van der Waals surface area contributed by atoms with Crippen molar-refractivity contribution in [2.45, 2.75) is 45.8 Å². The Balaban J connectivity index is 2.11. The lowest BCUT2D eigenvalue weighted by Crippen LogP contribution is -2.46. The number of hydrogen-bond acceptors (Lipinski definition) is 5. The molecule has 0 unspecified atom stereocenters. The summed E-state index contributed by atoms with van der Waals surface area (Å²) in [4.78, 5) is 38.3. The number of hydrogen-bond donors (Lipinski definition) is 1. The zero-order valence-electron chi connectivity index (χ0n) is 14.8. The number of aliphatic hydroxyl groups excluding tert-OH is 1. The molecular formula is C19H25NO5. The summed E-state index contributed by atoms with van der Waals surface area (Å²) >= 11 is 0. The second-order valence-electron chi connectivity index (χ2n) is 6.52. The summed E-state index contributed by atoms with van der Waals surface area (Å²) in [5.41, 5.74) is 0.984. The monoisotopic (exact) mass is 347 g/mol. The first kappa shape index (κ1) is 19.1. The molecule has 2 rings (SSSR count). The van der Waals surface area contributed by atoms with E-state index in [-0.39, 0.29) is 12.4 Å². The number of Topliss-reactive ketones (excluding diaryl/α,β-unsaturated/α-hetero) is 1. The van der Waals surface area contributed by atoms with Gasteiger partial charge >= 0.3 is 6.09 Å². The summed E-state index contributed by atoms with van der Waals surface area (Å²) in [6, 6.07) is 9.07. The Bertz CT molecular complexity index is 630. The normalized spacial score (nSPS) is 20.7. The number of ether oxygens (including phenoxy) is 1. The highest BCUT2D eigenvalue weighted by Crippen LogP contribution is 2.22. The van der Waals surface area contributed by atoms with E-state index in [1.165, 1.54) is 6.92 Å². The largest absolute Gasteiger partial charge is 0.447 e. The minimum Gasteiger partial charge on any atom is -0.447 e. The van der Waals surface area contributed by atoms with E-state index >= 15 is 0 Å². The minimum atomic E-state index is -1.000. The van der Waals surface area contributed by atoms with E-state index in [9.17, 15) is 19.5 Å². The number of carbonyl (C=O) groups excluding carboxylic acids is 3. The van der Waals surface area contributed by atoms with Crippen molar-refractivity contribution in [3.63, 3.8) is 0 Å². The number of cyclic esters (lactones) is 1. The molecular weight excluding hydrogens is 322 g/mol. The van der Waals surface area contributed by atoms with E-state index in [4.69, 9.17) is 4.74 Å². The van der Waals surface area contributed by atoms with E-state index in [0.29, 0.717) is 12.8 Å². The van der Waals surface area contributed by atoms with Crippen molar-refractivity contribution in [3.8, 4) is 0 Å². The second-order valence-corrected chi connectivity index (χ2v) is 6.52. The molecule has 2 amide bonds. The molecule has 6 nitrogen and oxygen atoms in total. The molecule has 6 heteroatoms. The van der Waals surface area contributed by atoms with Crippen LogP contribution in [0.2, 0.25) is 0 Å². The number of carbonyl (C=O) groups is 3. The Kier molecular flexibility index (Phi) is 6.31. The van der Waals surface area contributed by atoms with Gasteiger partial charge in [0.15, 0.2) is 0 Å². The third kappa shape index (κ3) is 4.25. The highest BCUT2D eigenvalue weighted by Gasteiger charge is 2.42. The molecule has 1 aliphatic heterocycles. The van der Waals surface area contributed by atoms with E-state index in [2.05, 4.69) is 0 Å². The Morgan fingerprint density at radius 2 is 1.92 bits per heavy atom. The molecule has 1 aromatic rings. The van der Waals surface area contributed by atoms with Gasteiger partial charge in [0, 0.05) is 5.92 Å². The minimum absolute atomic E-state index is 0.119. The number of rotatable bonds is 7. The molecule has 0 radical (unpaired) electrons. The Labute approximate surface area is 147 Å². The maximum absolute atomic E-state index is 12.7. The molecule has 136 valence electrons. The molecule has 0 bridgehead atoms. The molecule has 1 aromatic carbocycles. The fourth-order valence-corrected chi connectivity index (χ4v) is 3.03. The molecule has 0 saturated carbocycles. The predicted octanol–water partition coefficient (Wildman–Crippen LogP) is 2.19.